The lowest BCUT2D eigenvalue weighted by Crippen LogP contribution is -2.22. The zero-order valence-electron chi connectivity index (χ0n) is 11.8. The Hall–Kier alpha value is -1.54. The predicted molar refractivity (Wildman–Crippen MR) is 73.9 cm³/mol. The van der Waals surface area contributed by atoms with Crippen LogP contribution >= 0.6 is 11.5 Å². The number of hydrogen-bond acceptors (Lipinski definition) is 5. The van der Waals surface area contributed by atoms with E-state index in [1.807, 2.05) is 20.8 Å². The summed E-state index contributed by atoms with van der Waals surface area (Å²) in [6, 6.07) is -0.0231. The molecular weight excluding hydrogens is 301 g/mol. The Morgan fingerprint density at radius 1 is 1.24 bits per heavy atom. The molecule has 0 saturated carbocycles. The molecule has 0 aromatic carbocycles. The Labute approximate surface area is 124 Å². The third-order valence-corrected chi connectivity index (χ3v) is 3.81. The Kier molecular flexibility index (Phi) is 4.03. The van der Waals surface area contributed by atoms with Crippen LogP contribution in [0.3, 0.4) is 0 Å². The number of nitrogens with zero attached hydrogens (tertiary/aromatic N) is 3. The van der Waals surface area contributed by atoms with Gasteiger partial charge in [-0.1, -0.05) is 25.3 Å². The number of pyridine rings is 1. The molecule has 0 aliphatic rings. The van der Waals surface area contributed by atoms with Gasteiger partial charge < -0.3 is 5.73 Å². The summed E-state index contributed by atoms with van der Waals surface area (Å²) >= 11 is 1.02. The van der Waals surface area contributed by atoms with Crippen molar-refractivity contribution in [2.75, 3.05) is 0 Å². The van der Waals surface area contributed by atoms with E-state index in [4.69, 9.17) is 5.73 Å². The Morgan fingerprint density at radius 3 is 2.48 bits per heavy atom. The van der Waals surface area contributed by atoms with E-state index in [2.05, 4.69) is 14.6 Å². The molecule has 4 nitrogen and oxygen atoms in total. The van der Waals surface area contributed by atoms with Crippen LogP contribution < -0.4 is 5.73 Å². The summed E-state index contributed by atoms with van der Waals surface area (Å²) in [5, 5.41) is 4.01. The monoisotopic (exact) mass is 316 g/mol. The van der Waals surface area contributed by atoms with E-state index < -0.39 is 17.8 Å². The summed E-state index contributed by atoms with van der Waals surface area (Å²) in [4.78, 5) is 4.29. The molecule has 114 valence electrons. The first-order chi connectivity index (χ1) is 9.62. The molecule has 0 saturated heterocycles. The second-order valence-corrected chi connectivity index (χ2v) is 6.46. The van der Waals surface area contributed by atoms with Gasteiger partial charge in [0.25, 0.3) is 0 Å². The molecule has 0 aliphatic carbocycles. The molecule has 8 heteroatoms. The number of rotatable bonds is 2. The van der Waals surface area contributed by atoms with E-state index in [0.717, 1.165) is 30.0 Å². The molecule has 2 aromatic rings. The molecular formula is C13H15F3N4S. The lowest BCUT2D eigenvalue weighted by atomic mass is 9.88. The van der Waals surface area contributed by atoms with E-state index >= 15 is 0 Å². The number of hydrogen-bond donors (Lipinski definition) is 1. The van der Waals surface area contributed by atoms with Gasteiger partial charge in [0.1, 0.15) is 0 Å². The third-order valence-electron chi connectivity index (χ3n) is 3.00. The van der Waals surface area contributed by atoms with Crippen LogP contribution in [0.5, 0.6) is 0 Å². The van der Waals surface area contributed by atoms with Gasteiger partial charge in [0.05, 0.1) is 22.2 Å². The standard InChI is InChI=1S/C13H15F3N4S/c1-12(2,3)11-10(21-20-19-11)9(17)7-6-18-5-4-8(7)13(14,15)16/h4-6,9H,17H2,1-3H3. The Bertz CT molecular complexity index is 631. The molecule has 0 aliphatic heterocycles. The number of halogens is 3. The van der Waals surface area contributed by atoms with Crippen molar-refractivity contribution in [1.29, 1.82) is 0 Å². The van der Waals surface area contributed by atoms with Crippen molar-refractivity contribution >= 4 is 11.5 Å². The zero-order valence-corrected chi connectivity index (χ0v) is 12.6. The lowest BCUT2D eigenvalue weighted by Gasteiger charge is -2.21. The number of aromatic nitrogens is 3. The second kappa shape index (κ2) is 5.34. The van der Waals surface area contributed by atoms with Crippen molar-refractivity contribution in [3.05, 3.63) is 40.2 Å². The van der Waals surface area contributed by atoms with Crippen LogP contribution in [0.15, 0.2) is 18.5 Å². The number of nitrogens with two attached hydrogens (primary N) is 1. The van der Waals surface area contributed by atoms with Gasteiger partial charge in [-0.25, -0.2) is 0 Å². The van der Waals surface area contributed by atoms with Gasteiger partial charge in [-0.05, 0) is 17.6 Å². The fourth-order valence-electron chi connectivity index (χ4n) is 1.98. The molecule has 2 rings (SSSR count). The van der Waals surface area contributed by atoms with Crippen molar-refractivity contribution in [2.45, 2.75) is 38.4 Å². The van der Waals surface area contributed by atoms with Crippen LogP contribution in [-0.4, -0.2) is 14.6 Å². The Morgan fingerprint density at radius 2 is 1.90 bits per heavy atom. The van der Waals surface area contributed by atoms with Crippen molar-refractivity contribution < 1.29 is 13.2 Å². The summed E-state index contributed by atoms with van der Waals surface area (Å²) in [6.07, 6.45) is -2.22. The van der Waals surface area contributed by atoms with Crippen molar-refractivity contribution in [3.8, 4) is 0 Å². The third kappa shape index (κ3) is 3.21. The molecule has 0 amide bonds. The van der Waals surface area contributed by atoms with Crippen LogP contribution in [0, 0.1) is 0 Å². The van der Waals surface area contributed by atoms with Crippen LogP contribution in [0.1, 0.15) is 48.5 Å². The summed E-state index contributed by atoms with van der Waals surface area (Å²) in [7, 11) is 0. The van der Waals surface area contributed by atoms with Gasteiger partial charge in [0, 0.05) is 23.4 Å². The highest BCUT2D eigenvalue weighted by molar-refractivity contribution is 7.05. The smallest absolute Gasteiger partial charge is 0.319 e. The van der Waals surface area contributed by atoms with Crippen molar-refractivity contribution in [2.24, 2.45) is 5.73 Å². The second-order valence-electron chi connectivity index (χ2n) is 5.67. The van der Waals surface area contributed by atoms with E-state index in [1.54, 1.807) is 0 Å². The average Bonchev–Trinajstić information content (AvgIpc) is 2.86. The van der Waals surface area contributed by atoms with Crippen LogP contribution in [0.4, 0.5) is 13.2 Å². The maximum Gasteiger partial charge on any atom is 0.416 e. The molecule has 2 aromatic heterocycles. The SMILES string of the molecule is CC(C)(C)c1nnsc1C(N)c1cnccc1C(F)(F)F. The van der Waals surface area contributed by atoms with Crippen LogP contribution in [0.2, 0.25) is 0 Å². The van der Waals surface area contributed by atoms with Crippen molar-refractivity contribution in [1.82, 2.24) is 14.6 Å². The van der Waals surface area contributed by atoms with Gasteiger partial charge >= 0.3 is 6.18 Å². The zero-order chi connectivity index (χ0) is 15.8. The summed E-state index contributed by atoms with van der Waals surface area (Å²) in [6.45, 7) is 5.73. The van der Waals surface area contributed by atoms with Gasteiger partial charge in [-0.15, -0.1) is 5.10 Å². The molecule has 0 spiro atoms. The van der Waals surface area contributed by atoms with Gasteiger partial charge in [0.15, 0.2) is 0 Å². The molecule has 2 N–H and O–H groups in total. The lowest BCUT2D eigenvalue weighted by molar-refractivity contribution is -0.138. The minimum atomic E-state index is -4.48. The van der Waals surface area contributed by atoms with E-state index in [0.29, 0.717) is 10.6 Å². The van der Waals surface area contributed by atoms with Gasteiger partial charge in [-0.2, -0.15) is 13.2 Å². The molecule has 1 atom stereocenters. The maximum atomic E-state index is 13.1. The van der Waals surface area contributed by atoms with Gasteiger partial charge in [-0.3, -0.25) is 4.98 Å². The minimum Gasteiger partial charge on any atom is -0.319 e. The first kappa shape index (κ1) is 15.8. The fourth-order valence-corrected chi connectivity index (χ4v) is 2.86. The molecule has 0 bridgehead atoms. The maximum absolute atomic E-state index is 13.1. The topological polar surface area (TPSA) is 64.7 Å². The predicted octanol–water partition coefficient (Wildman–Crippen LogP) is 3.30. The molecule has 0 fully saturated rings. The average molecular weight is 316 g/mol. The quantitative estimate of drug-likeness (QED) is 0.923. The largest absolute Gasteiger partial charge is 0.416 e. The molecule has 2 heterocycles. The summed E-state index contributed by atoms with van der Waals surface area (Å²) in [5.74, 6) is 0. The fraction of sp³-hybridized carbons (Fsp3) is 0.462. The van der Waals surface area contributed by atoms with E-state index in [9.17, 15) is 13.2 Å². The van der Waals surface area contributed by atoms with Crippen LogP contribution in [-0.2, 0) is 11.6 Å². The first-order valence-electron chi connectivity index (χ1n) is 6.22. The molecule has 1 unspecified atom stereocenters. The van der Waals surface area contributed by atoms with Gasteiger partial charge in [0.2, 0.25) is 0 Å². The highest BCUT2D eigenvalue weighted by Crippen LogP contribution is 2.38. The Balaban J connectivity index is 2.52. The van der Waals surface area contributed by atoms with E-state index in [1.165, 1.54) is 0 Å². The summed E-state index contributed by atoms with van der Waals surface area (Å²) < 4.78 is 43.1. The molecule has 21 heavy (non-hydrogen) atoms. The highest BCUT2D eigenvalue weighted by atomic mass is 32.1. The summed E-state index contributed by atoms with van der Waals surface area (Å²) in [5.41, 5.74) is 5.46. The highest BCUT2D eigenvalue weighted by Gasteiger charge is 2.36. The first-order valence-corrected chi connectivity index (χ1v) is 6.99. The van der Waals surface area contributed by atoms with Crippen molar-refractivity contribution in [3.63, 3.8) is 0 Å². The van der Waals surface area contributed by atoms with E-state index in [-0.39, 0.29) is 11.0 Å². The normalized spacial score (nSPS) is 14.2. The number of alkyl halides is 3. The van der Waals surface area contributed by atoms with Crippen LogP contribution in [0.25, 0.3) is 0 Å². The minimum absolute atomic E-state index is 0.0680. The molecule has 0 radical (unpaired) electrons.